The predicted molar refractivity (Wildman–Crippen MR) is 85.3 cm³/mol. The number of carbonyl (C=O) groups excluding carboxylic acids is 1. The lowest BCUT2D eigenvalue weighted by molar-refractivity contribution is 0.111. The molecular weight excluding hydrogens is 296 g/mol. The standard InChI is InChI=1S/C18H14O5/c19-12-14-3-1-2-4-16(14)22-10-9-21-15-7-5-13-6-8-18(20)23-17(13)11-15/h1-8,11-12H,9-10H2. The number of aldehydes is 1. The first-order valence-electron chi connectivity index (χ1n) is 7.10. The zero-order chi connectivity index (χ0) is 16.1. The lowest BCUT2D eigenvalue weighted by Crippen LogP contribution is -2.10. The van der Waals surface area contributed by atoms with E-state index in [-0.39, 0.29) is 0 Å². The Morgan fingerprint density at radius 1 is 0.957 bits per heavy atom. The highest BCUT2D eigenvalue weighted by molar-refractivity contribution is 5.79. The average molecular weight is 310 g/mol. The van der Waals surface area contributed by atoms with E-state index in [1.54, 1.807) is 42.5 Å². The molecule has 0 saturated carbocycles. The van der Waals surface area contributed by atoms with Crippen LogP contribution < -0.4 is 15.1 Å². The number of fused-ring (bicyclic) bond motifs is 1. The fourth-order valence-corrected chi connectivity index (χ4v) is 2.15. The monoisotopic (exact) mass is 310 g/mol. The maximum absolute atomic E-state index is 11.2. The molecule has 0 spiro atoms. The molecule has 3 rings (SSSR count). The molecule has 0 fully saturated rings. The van der Waals surface area contributed by atoms with Gasteiger partial charge in [-0.05, 0) is 30.3 Å². The summed E-state index contributed by atoms with van der Waals surface area (Å²) < 4.78 is 16.2. The molecule has 23 heavy (non-hydrogen) atoms. The Balaban J connectivity index is 1.60. The van der Waals surface area contributed by atoms with Gasteiger partial charge in [-0.3, -0.25) is 4.79 Å². The van der Waals surface area contributed by atoms with E-state index in [1.807, 2.05) is 6.07 Å². The van der Waals surface area contributed by atoms with Crippen molar-refractivity contribution in [3.63, 3.8) is 0 Å². The molecule has 0 amide bonds. The third-order valence-corrected chi connectivity index (χ3v) is 3.25. The van der Waals surface area contributed by atoms with Gasteiger partial charge in [0.15, 0.2) is 6.29 Å². The topological polar surface area (TPSA) is 65.7 Å². The summed E-state index contributed by atoms with van der Waals surface area (Å²) in [7, 11) is 0. The largest absolute Gasteiger partial charge is 0.490 e. The summed E-state index contributed by atoms with van der Waals surface area (Å²) in [4.78, 5) is 22.1. The Labute approximate surface area is 132 Å². The van der Waals surface area contributed by atoms with Crippen molar-refractivity contribution < 1.29 is 18.7 Å². The molecule has 3 aromatic rings. The van der Waals surface area contributed by atoms with Crippen LogP contribution in [0.2, 0.25) is 0 Å². The number of rotatable bonds is 6. The van der Waals surface area contributed by atoms with Gasteiger partial charge in [-0.1, -0.05) is 12.1 Å². The van der Waals surface area contributed by atoms with Crippen LogP contribution >= 0.6 is 0 Å². The molecule has 0 unspecified atom stereocenters. The van der Waals surface area contributed by atoms with E-state index >= 15 is 0 Å². The first kappa shape index (κ1) is 14.8. The highest BCUT2D eigenvalue weighted by atomic mass is 16.5. The Bertz CT molecular complexity index is 882. The smallest absolute Gasteiger partial charge is 0.336 e. The quantitative estimate of drug-likeness (QED) is 0.398. The SMILES string of the molecule is O=Cc1ccccc1OCCOc1ccc2ccc(=O)oc2c1. The minimum absolute atomic E-state index is 0.293. The van der Waals surface area contributed by atoms with Crippen LogP contribution in [-0.2, 0) is 0 Å². The zero-order valence-electron chi connectivity index (χ0n) is 12.2. The van der Waals surface area contributed by atoms with Gasteiger partial charge >= 0.3 is 5.63 Å². The van der Waals surface area contributed by atoms with E-state index in [4.69, 9.17) is 13.9 Å². The number of benzene rings is 2. The Kier molecular flexibility index (Phi) is 4.38. The molecule has 0 bridgehead atoms. The summed E-state index contributed by atoms with van der Waals surface area (Å²) in [5.41, 5.74) is 0.575. The molecule has 0 aliphatic heterocycles. The predicted octanol–water partition coefficient (Wildman–Crippen LogP) is 3.06. The van der Waals surface area contributed by atoms with Crippen molar-refractivity contribution >= 4 is 17.3 Å². The van der Waals surface area contributed by atoms with Crippen LogP contribution in [-0.4, -0.2) is 19.5 Å². The van der Waals surface area contributed by atoms with Crippen molar-refractivity contribution in [2.75, 3.05) is 13.2 Å². The van der Waals surface area contributed by atoms with Gasteiger partial charge in [0, 0.05) is 17.5 Å². The average Bonchev–Trinajstić information content (AvgIpc) is 2.58. The van der Waals surface area contributed by atoms with Gasteiger partial charge in [-0.15, -0.1) is 0 Å². The molecular formula is C18H14O5. The normalized spacial score (nSPS) is 10.4. The highest BCUT2D eigenvalue weighted by Crippen LogP contribution is 2.20. The molecule has 1 aromatic heterocycles. The summed E-state index contributed by atoms with van der Waals surface area (Å²) in [6.45, 7) is 0.595. The molecule has 5 heteroatoms. The summed E-state index contributed by atoms with van der Waals surface area (Å²) in [5.74, 6) is 1.11. The van der Waals surface area contributed by atoms with Crippen LogP contribution in [0.5, 0.6) is 11.5 Å². The van der Waals surface area contributed by atoms with E-state index in [1.165, 1.54) is 6.07 Å². The van der Waals surface area contributed by atoms with Gasteiger partial charge in [0.1, 0.15) is 30.3 Å². The van der Waals surface area contributed by atoms with E-state index in [0.29, 0.717) is 35.9 Å². The van der Waals surface area contributed by atoms with E-state index in [9.17, 15) is 9.59 Å². The molecule has 0 saturated heterocycles. The van der Waals surface area contributed by atoms with Crippen molar-refractivity contribution in [2.45, 2.75) is 0 Å². The van der Waals surface area contributed by atoms with Crippen LogP contribution in [0.25, 0.3) is 11.0 Å². The fraction of sp³-hybridized carbons (Fsp3) is 0.111. The number of para-hydroxylation sites is 1. The van der Waals surface area contributed by atoms with Gasteiger partial charge in [-0.25, -0.2) is 4.79 Å². The molecule has 0 aliphatic rings. The van der Waals surface area contributed by atoms with E-state index < -0.39 is 5.63 Å². The number of hydrogen-bond donors (Lipinski definition) is 0. The lowest BCUT2D eigenvalue weighted by atomic mass is 10.2. The number of ether oxygens (including phenoxy) is 2. The molecule has 0 radical (unpaired) electrons. The fourth-order valence-electron chi connectivity index (χ4n) is 2.15. The third-order valence-electron chi connectivity index (χ3n) is 3.25. The second-order valence-corrected chi connectivity index (χ2v) is 4.81. The first-order valence-corrected chi connectivity index (χ1v) is 7.10. The summed E-state index contributed by atoms with van der Waals surface area (Å²) in [5, 5.41) is 0.827. The van der Waals surface area contributed by atoms with Crippen LogP contribution in [0.1, 0.15) is 10.4 Å². The molecule has 1 heterocycles. The highest BCUT2D eigenvalue weighted by Gasteiger charge is 2.03. The zero-order valence-corrected chi connectivity index (χ0v) is 12.2. The van der Waals surface area contributed by atoms with Crippen molar-refractivity contribution in [2.24, 2.45) is 0 Å². The van der Waals surface area contributed by atoms with Gasteiger partial charge in [0.05, 0.1) is 5.56 Å². The van der Waals surface area contributed by atoms with Gasteiger partial charge < -0.3 is 13.9 Å². The van der Waals surface area contributed by atoms with E-state index in [2.05, 4.69) is 0 Å². The molecule has 2 aromatic carbocycles. The minimum Gasteiger partial charge on any atom is -0.490 e. The van der Waals surface area contributed by atoms with Crippen molar-refractivity contribution in [1.29, 1.82) is 0 Å². The second-order valence-electron chi connectivity index (χ2n) is 4.81. The summed E-state index contributed by atoms with van der Waals surface area (Å²) >= 11 is 0. The van der Waals surface area contributed by atoms with Crippen LogP contribution in [0.4, 0.5) is 0 Å². The molecule has 0 atom stereocenters. The third kappa shape index (κ3) is 3.58. The van der Waals surface area contributed by atoms with Crippen molar-refractivity contribution in [3.05, 3.63) is 70.6 Å². The van der Waals surface area contributed by atoms with Crippen LogP contribution in [0, 0.1) is 0 Å². The first-order chi connectivity index (χ1) is 11.3. The van der Waals surface area contributed by atoms with Crippen LogP contribution in [0.15, 0.2) is 63.8 Å². The maximum Gasteiger partial charge on any atom is 0.336 e. The molecule has 5 nitrogen and oxygen atoms in total. The Morgan fingerprint density at radius 2 is 1.74 bits per heavy atom. The Morgan fingerprint density at radius 3 is 2.61 bits per heavy atom. The Hall–Kier alpha value is -3.08. The van der Waals surface area contributed by atoms with Crippen LogP contribution in [0.3, 0.4) is 0 Å². The second kappa shape index (κ2) is 6.79. The summed E-state index contributed by atoms with van der Waals surface area (Å²) in [6, 6.07) is 15.3. The lowest BCUT2D eigenvalue weighted by Gasteiger charge is -2.10. The number of carbonyl (C=O) groups is 1. The van der Waals surface area contributed by atoms with Gasteiger partial charge in [-0.2, -0.15) is 0 Å². The minimum atomic E-state index is -0.400. The number of hydrogen-bond acceptors (Lipinski definition) is 5. The maximum atomic E-state index is 11.2. The molecule has 116 valence electrons. The van der Waals surface area contributed by atoms with Crippen molar-refractivity contribution in [1.82, 2.24) is 0 Å². The van der Waals surface area contributed by atoms with E-state index in [0.717, 1.165) is 11.7 Å². The summed E-state index contributed by atoms with van der Waals surface area (Å²) in [6.07, 6.45) is 0.752. The molecule has 0 aliphatic carbocycles. The van der Waals surface area contributed by atoms with Crippen molar-refractivity contribution in [3.8, 4) is 11.5 Å². The van der Waals surface area contributed by atoms with Gasteiger partial charge in [0.25, 0.3) is 0 Å². The molecule has 0 N–H and O–H groups in total. The van der Waals surface area contributed by atoms with Gasteiger partial charge in [0.2, 0.25) is 0 Å².